The maximum absolute atomic E-state index is 11.2. The van der Waals surface area contributed by atoms with Gasteiger partial charge >= 0.3 is 0 Å². The van der Waals surface area contributed by atoms with Crippen LogP contribution >= 0.6 is 11.8 Å². The van der Waals surface area contributed by atoms with E-state index in [1.807, 2.05) is 18.2 Å². The second-order valence-electron chi connectivity index (χ2n) is 2.58. The van der Waals surface area contributed by atoms with Crippen molar-refractivity contribution in [3.8, 4) is 0 Å². The van der Waals surface area contributed by atoms with Gasteiger partial charge in [-0.05, 0) is 34.8 Å². The minimum absolute atomic E-state index is 0.0567. The molecular formula is C10H7NOS. The molecule has 2 aliphatic rings. The van der Waals surface area contributed by atoms with Gasteiger partial charge < -0.3 is 0 Å². The summed E-state index contributed by atoms with van der Waals surface area (Å²) in [6.07, 6.45) is 10.7. The van der Waals surface area contributed by atoms with Gasteiger partial charge in [-0.15, -0.1) is 0 Å². The fourth-order valence-electron chi connectivity index (χ4n) is 1.11. The number of thioether (sulfide) groups is 1. The fourth-order valence-corrected chi connectivity index (χ4v) is 1.65. The van der Waals surface area contributed by atoms with Crippen LogP contribution in [0.3, 0.4) is 0 Å². The van der Waals surface area contributed by atoms with Crippen molar-refractivity contribution in [2.24, 2.45) is 4.99 Å². The molecule has 0 saturated carbocycles. The monoisotopic (exact) mass is 189 g/mol. The van der Waals surface area contributed by atoms with Gasteiger partial charge in [0.2, 0.25) is 5.12 Å². The topological polar surface area (TPSA) is 29.4 Å². The van der Waals surface area contributed by atoms with Crippen LogP contribution in [0.25, 0.3) is 0 Å². The first-order valence-corrected chi connectivity index (χ1v) is 4.73. The van der Waals surface area contributed by atoms with E-state index < -0.39 is 0 Å². The van der Waals surface area contributed by atoms with Gasteiger partial charge in [0.25, 0.3) is 0 Å². The highest BCUT2D eigenvalue weighted by Crippen LogP contribution is 2.22. The second-order valence-corrected chi connectivity index (χ2v) is 3.49. The lowest BCUT2D eigenvalue weighted by atomic mass is 10.1. The number of carbonyl (C=O) groups excluding carboxylic acids is 1. The highest BCUT2D eigenvalue weighted by Gasteiger charge is 2.07. The molecule has 2 nitrogen and oxygen atoms in total. The Kier molecular flexibility index (Phi) is 2.27. The van der Waals surface area contributed by atoms with Crippen molar-refractivity contribution >= 4 is 23.1 Å². The van der Waals surface area contributed by atoms with E-state index in [4.69, 9.17) is 0 Å². The molecule has 0 aliphatic carbocycles. The summed E-state index contributed by atoms with van der Waals surface area (Å²) in [5.41, 5.74) is 1.94. The molecule has 64 valence electrons. The Morgan fingerprint density at radius 2 is 2.15 bits per heavy atom. The normalized spacial score (nSPS) is 20.2. The molecule has 2 aliphatic heterocycles. The number of carbonyl (C=O) groups is 1. The highest BCUT2D eigenvalue weighted by atomic mass is 32.2. The number of aliphatic imine (C=N–C) groups is 1. The van der Waals surface area contributed by atoms with Crippen LogP contribution in [0, 0.1) is 0 Å². The van der Waals surface area contributed by atoms with Crippen molar-refractivity contribution in [3.05, 3.63) is 47.1 Å². The summed E-state index contributed by atoms with van der Waals surface area (Å²) in [5.74, 6) is 0. The van der Waals surface area contributed by atoms with Crippen LogP contribution in [0.15, 0.2) is 52.1 Å². The minimum atomic E-state index is 0.0567. The quantitative estimate of drug-likeness (QED) is 0.584. The molecule has 0 aromatic rings. The first-order valence-electron chi connectivity index (χ1n) is 3.85. The van der Waals surface area contributed by atoms with Crippen molar-refractivity contribution in [2.75, 3.05) is 0 Å². The summed E-state index contributed by atoms with van der Waals surface area (Å²) in [6, 6.07) is 0. The smallest absolute Gasteiger partial charge is 0.216 e. The largest absolute Gasteiger partial charge is 0.282 e. The highest BCUT2D eigenvalue weighted by molar-refractivity contribution is 8.16. The summed E-state index contributed by atoms with van der Waals surface area (Å²) in [6.45, 7) is 0. The number of allylic oxidation sites excluding steroid dienone is 5. The molecule has 13 heavy (non-hydrogen) atoms. The van der Waals surface area contributed by atoms with Crippen LogP contribution in [-0.4, -0.2) is 11.3 Å². The maximum atomic E-state index is 11.2. The molecule has 2 rings (SSSR count). The Labute approximate surface area is 80.4 Å². The molecule has 0 bridgehead atoms. The van der Waals surface area contributed by atoms with Crippen LogP contribution in [0.5, 0.6) is 0 Å². The molecular weight excluding hydrogens is 182 g/mol. The molecule has 0 N–H and O–H groups in total. The summed E-state index contributed by atoms with van der Waals surface area (Å²) >= 11 is 1.20. The van der Waals surface area contributed by atoms with Crippen molar-refractivity contribution in [2.45, 2.75) is 0 Å². The van der Waals surface area contributed by atoms with Crippen LogP contribution in [0.1, 0.15) is 0 Å². The zero-order valence-corrected chi connectivity index (χ0v) is 7.62. The predicted octanol–water partition coefficient (Wildman–Crippen LogP) is 2.22. The van der Waals surface area contributed by atoms with E-state index >= 15 is 0 Å². The SMILES string of the molecule is O=C1C=C2C=CN=CC=C2C=CS1. The van der Waals surface area contributed by atoms with Gasteiger partial charge in [0.05, 0.1) is 0 Å². The lowest BCUT2D eigenvalue weighted by molar-refractivity contribution is -0.107. The van der Waals surface area contributed by atoms with Crippen LogP contribution in [0.2, 0.25) is 0 Å². The number of nitrogens with zero attached hydrogens (tertiary/aromatic N) is 1. The Morgan fingerprint density at radius 3 is 3.08 bits per heavy atom. The predicted molar refractivity (Wildman–Crippen MR) is 55.5 cm³/mol. The minimum Gasteiger partial charge on any atom is -0.282 e. The van der Waals surface area contributed by atoms with Gasteiger partial charge in [-0.3, -0.25) is 9.79 Å². The Bertz CT molecular complexity index is 386. The van der Waals surface area contributed by atoms with E-state index in [0.29, 0.717) is 0 Å². The third kappa shape index (κ3) is 1.87. The molecule has 0 fully saturated rings. The Hall–Kier alpha value is -1.35. The Morgan fingerprint density at radius 1 is 1.23 bits per heavy atom. The molecule has 0 radical (unpaired) electrons. The van der Waals surface area contributed by atoms with Gasteiger partial charge in [0, 0.05) is 18.5 Å². The third-order valence-corrected chi connectivity index (χ3v) is 2.34. The lowest BCUT2D eigenvalue weighted by Crippen LogP contribution is -1.85. The van der Waals surface area contributed by atoms with Crippen molar-refractivity contribution < 1.29 is 4.79 Å². The zero-order chi connectivity index (χ0) is 9.10. The van der Waals surface area contributed by atoms with E-state index in [1.54, 1.807) is 23.9 Å². The van der Waals surface area contributed by atoms with Crippen LogP contribution in [-0.2, 0) is 4.79 Å². The van der Waals surface area contributed by atoms with E-state index in [-0.39, 0.29) is 5.12 Å². The maximum Gasteiger partial charge on any atom is 0.216 e. The van der Waals surface area contributed by atoms with E-state index in [1.165, 1.54) is 11.8 Å². The fraction of sp³-hybridized carbons (Fsp3) is 0. The van der Waals surface area contributed by atoms with Crippen molar-refractivity contribution in [1.29, 1.82) is 0 Å². The third-order valence-electron chi connectivity index (χ3n) is 1.72. The van der Waals surface area contributed by atoms with E-state index in [2.05, 4.69) is 4.99 Å². The molecule has 2 heterocycles. The molecule has 0 spiro atoms. The van der Waals surface area contributed by atoms with Crippen molar-refractivity contribution in [1.82, 2.24) is 0 Å². The number of hydrogen-bond donors (Lipinski definition) is 0. The van der Waals surface area contributed by atoms with Crippen LogP contribution < -0.4 is 0 Å². The lowest BCUT2D eigenvalue weighted by Gasteiger charge is -1.96. The summed E-state index contributed by atoms with van der Waals surface area (Å²) in [7, 11) is 0. The number of fused-ring (bicyclic) bond motifs is 1. The first-order chi connectivity index (χ1) is 6.36. The van der Waals surface area contributed by atoms with Gasteiger partial charge in [0.15, 0.2) is 0 Å². The average Bonchev–Trinajstić information content (AvgIpc) is 2.38. The average molecular weight is 189 g/mol. The first kappa shape index (κ1) is 8.26. The molecule has 0 unspecified atom stereocenters. The molecule has 0 aromatic heterocycles. The van der Waals surface area contributed by atoms with E-state index in [9.17, 15) is 4.79 Å². The standard InChI is InChI=1S/C10H7NOS/c12-10-7-9-2-5-11-4-1-8(9)3-6-13-10/h1-7H. The zero-order valence-electron chi connectivity index (χ0n) is 6.81. The van der Waals surface area contributed by atoms with Crippen molar-refractivity contribution in [3.63, 3.8) is 0 Å². The van der Waals surface area contributed by atoms with Gasteiger partial charge in [-0.25, -0.2) is 0 Å². The molecule has 0 saturated heterocycles. The summed E-state index contributed by atoms with van der Waals surface area (Å²) in [5, 5.41) is 1.85. The number of hydrogen-bond acceptors (Lipinski definition) is 3. The molecule has 0 amide bonds. The van der Waals surface area contributed by atoms with Gasteiger partial charge in [0.1, 0.15) is 0 Å². The summed E-state index contributed by atoms with van der Waals surface area (Å²) in [4.78, 5) is 15.2. The second kappa shape index (κ2) is 3.58. The molecule has 3 heteroatoms. The van der Waals surface area contributed by atoms with Gasteiger partial charge in [-0.1, -0.05) is 11.8 Å². The van der Waals surface area contributed by atoms with E-state index in [0.717, 1.165) is 11.1 Å². The molecule has 0 aromatic carbocycles. The molecule has 0 atom stereocenters. The van der Waals surface area contributed by atoms with Gasteiger partial charge in [-0.2, -0.15) is 0 Å². The number of rotatable bonds is 0. The van der Waals surface area contributed by atoms with Crippen LogP contribution in [0.4, 0.5) is 0 Å². The Balaban J connectivity index is 2.49. The summed E-state index contributed by atoms with van der Waals surface area (Å²) < 4.78 is 0.